The number of morpholine rings is 1. The Morgan fingerprint density at radius 1 is 1.38 bits per heavy atom. The number of nitrogens with zero attached hydrogens (tertiary/aromatic N) is 2. The summed E-state index contributed by atoms with van der Waals surface area (Å²) in [7, 11) is 3.20. The molecule has 86 valence electrons. The quantitative estimate of drug-likeness (QED) is 0.606. The fraction of sp³-hybridized carbons (Fsp3) is 0.400. The molecule has 0 saturated carbocycles. The molecule has 0 radical (unpaired) electrons. The molecular formula is C10H12N2OS3. The lowest BCUT2D eigenvalue weighted by atomic mass is 10.5. The molecule has 1 aliphatic heterocycles. The van der Waals surface area contributed by atoms with E-state index < -0.39 is 0 Å². The molecule has 0 spiro atoms. The summed E-state index contributed by atoms with van der Waals surface area (Å²) in [5.41, 5.74) is 0. The Hall–Kier alpha value is -0.300. The van der Waals surface area contributed by atoms with Crippen LogP contribution in [0.15, 0.2) is 29.4 Å². The molecular weight excluding hydrogens is 260 g/mol. The molecule has 0 unspecified atom stereocenters. The van der Waals surface area contributed by atoms with Crippen LogP contribution in [0, 0.1) is 0 Å². The number of rotatable bonds is 2. The Labute approximate surface area is 108 Å². The molecule has 0 N–H and O–H groups in total. The Bertz CT molecular complexity index is 341. The summed E-state index contributed by atoms with van der Waals surface area (Å²) in [6.45, 7) is 3.34. The molecule has 16 heavy (non-hydrogen) atoms. The SMILES string of the molecule is S=C(SSc1ccccn1)N1CCOCC1. The highest BCUT2D eigenvalue weighted by atomic mass is 33.1. The van der Waals surface area contributed by atoms with Gasteiger partial charge in [0.05, 0.1) is 13.2 Å². The van der Waals surface area contributed by atoms with Crippen LogP contribution >= 0.6 is 33.8 Å². The number of aromatic nitrogens is 1. The minimum atomic E-state index is 0.773. The number of thiocarbonyl (C=S) groups is 1. The van der Waals surface area contributed by atoms with Crippen molar-refractivity contribution < 1.29 is 4.74 Å². The first-order valence-corrected chi connectivity index (χ1v) is 7.54. The zero-order valence-electron chi connectivity index (χ0n) is 8.67. The summed E-state index contributed by atoms with van der Waals surface area (Å²) in [5.74, 6) is 0. The number of hydrogen-bond acceptors (Lipinski definition) is 5. The molecule has 0 amide bonds. The van der Waals surface area contributed by atoms with Crippen LogP contribution in [-0.2, 0) is 4.74 Å². The van der Waals surface area contributed by atoms with E-state index in [2.05, 4.69) is 9.88 Å². The van der Waals surface area contributed by atoms with Crippen LogP contribution in [0.2, 0.25) is 0 Å². The molecule has 1 aliphatic rings. The maximum atomic E-state index is 5.36. The standard InChI is InChI=1S/C10H12N2OS3/c14-10(12-5-7-13-8-6-12)16-15-9-3-1-2-4-11-9/h1-4H,5-8H2. The Kier molecular flexibility index (Phi) is 4.90. The van der Waals surface area contributed by atoms with Crippen LogP contribution in [0.3, 0.4) is 0 Å². The molecule has 2 heterocycles. The molecule has 1 aromatic rings. The van der Waals surface area contributed by atoms with E-state index in [1.54, 1.807) is 27.8 Å². The van der Waals surface area contributed by atoms with E-state index in [9.17, 15) is 0 Å². The summed E-state index contributed by atoms with van der Waals surface area (Å²) in [4.78, 5) is 6.42. The van der Waals surface area contributed by atoms with Gasteiger partial charge in [-0.05, 0) is 33.7 Å². The molecule has 0 aliphatic carbocycles. The highest BCUT2D eigenvalue weighted by Crippen LogP contribution is 2.31. The van der Waals surface area contributed by atoms with Crippen molar-refractivity contribution in [1.29, 1.82) is 0 Å². The first kappa shape index (κ1) is 12.2. The van der Waals surface area contributed by atoms with E-state index in [0.717, 1.165) is 35.6 Å². The van der Waals surface area contributed by atoms with E-state index in [-0.39, 0.29) is 0 Å². The maximum Gasteiger partial charge on any atom is 0.147 e. The fourth-order valence-electron chi connectivity index (χ4n) is 1.27. The number of ether oxygens (including phenoxy) is 1. The van der Waals surface area contributed by atoms with Crippen molar-refractivity contribution in [2.24, 2.45) is 0 Å². The predicted octanol–water partition coefficient (Wildman–Crippen LogP) is 2.44. The van der Waals surface area contributed by atoms with Gasteiger partial charge in [-0.2, -0.15) is 0 Å². The number of hydrogen-bond donors (Lipinski definition) is 0. The summed E-state index contributed by atoms with van der Waals surface area (Å²) in [5, 5.41) is 0.989. The van der Waals surface area contributed by atoms with Gasteiger partial charge < -0.3 is 9.64 Å². The van der Waals surface area contributed by atoms with Crippen molar-refractivity contribution >= 4 is 38.1 Å². The molecule has 1 saturated heterocycles. The minimum Gasteiger partial charge on any atom is -0.378 e. The van der Waals surface area contributed by atoms with Crippen molar-refractivity contribution in [2.45, 2.75) is 5.03 Å². The van der Waals surface area contributed by atoms with Crippen LogP contribution < -0.4 is 0 Å². The van der Waals surface area contributed by atoms with Gasteiger partial charge in [0, 0.05) is 19.3 Å². The third-order valence-corrected chi connectivity index (χ3v) is 5.06. The molecule has 1 fully saturated rings. The molecule has 0 aromatic carbocycles. The third-order valence-electron chi connectivity index (χ3n) is 2.11. The van der Waals surface area contributed by atoms with E-state index in [4.69, 9.17) is 17.0 Å². The van der Waals surface area contributed by atoms with Crippen molar-refractivity contribution in [3.05, 3.63) is 24.4 Å². The van der Waals surface area contributed by atoms with E-state index in [0.29, 0.717) is 0 Å². The molecule has 0 atom stereocenters. The molecule has 3 nitrogen and oxygen atoms in total. The predicted molar refractivity (Wildman–Crippen MR) is 72.7 cm³/mol. The Morgan fingerprint density at radius 3 is 2.88 bits per heavy atom. The Balaban J connectivity index is 1.79. The number of pyridine rings is 1. The van der Waals surface area contributed by atoms with Gasteiger partial charge in [-0.1, -0.05) is 18.3 Å². The molecule has 0 bridgehead atoms. The summed E-state index contributed by atoms with van der Waals surface area (Å²) in [6, 6.07) is 5.88. The van der Waals surface area contributed by atoms with Crippen molar-refractivity contribution in [1.82, 2.24) is 9.88 Å². The zero-order chi connectivity index (χ0) is 11.2. The first-order valence-electron chi connectivity index (χ1n) is 4.98. The van der Waals surface area contributed by atoms with Gasteiger partial charge in [0.1, 0.15) is 9.35 Å². The molecule has 1 aromatic heterocycles. The smallest absolute Gasteiger partial charge is 0.147 e. The van der Waals surface area contributed by atoms with Crippen LogP contribution in [-0.4, -0.2) is 40.5 Å². The topological polar surface area (TPSA) is 25.4 Å². The van der Waals surface area contributed by atoms with Gasteiger partial charge >= 0.3 is 0 Å². The highest BCUT2D eigenvalue weighted by Gasteiger charge is 2.14. The fourth-order valence-corrected chi connectivity index (χ4v) is 3.53. The average Bonchev–Trinajstić information content (AvgIpc) is 2.38. The third kappa shape index (κ3) is 3.62. The van der Waals surface area contributed by atoms with Gasteiger partial charge in [-0.3, -0.25) is 0 Å². The van der Waals surface area contributed by atoms with E-state index in [1.165, 1.54) is 0 Å². The lowest BCUT2D eigenvalue weighted by molar-refractivity contribution is 0.0703. The molecule has 6 heteroatoms. The lowest BCUT2D eigenvalue weighted by Crippen LogP contribution is -2.38. The normalized spacial score (nSPS) is 16.1. The maximum absolute atomic E-state index is 5.36. The average molecular weight is 272 g/mol. The summed E-state index contributed by atoms with van der Waals surface area (Å²) >= 11 is 5.36. The second-order valence-electron chi connectivity index (χ2n) is 3.20. The van der Waals surface area contributed by atoms with Crippen LogP contribution in [0.1, 0.15) is 0 Å². The van der Waals surface area contributed by atoms with Crippen molar-refractivity contribution in [3.8, 4) is 0 Å². The van der Waals surface area contributed by atoms with Crippen molar-refractivity contribution in [2.75, 3.05) is 26.3 Å². The largest absolute Gasteiger partial charge is 0.378 e. The summed E-state index contributed by atoms with van der Waals surface area (Å²) in [6.07, 6.45) is 1.79. The minimum absolute atomic E-state index is 0.773. The highest BCUT2D eigenvalue weighted by molar-refractivity contribution is 8.83. The van der Waals surface area contributed by atoms with Crippen LogP contribution in [0.25, 0.3) is 0 Å². The van der Waals surface area contributed by atoms with Crippen molar-refractivity contribution in [3.63, 3.8) is 0 Å². The Morgan fingerprint density at radius 2 is 2.19 bits per heavy atom. The van der Waals surface area contributed by atoms with Gasteiger partial charge in [0.25, 0.3) is 0 Å². The second kappa shape index (κ2) is 6.44. The van der Waals surface area contributed by atoms with Gasteiger partial charge in [0.15, 0.2) is 0 Å². The van der Waals surface area contributed by atoms with Gasteiger partial charge in [-0.25, -0.2) is 4.98 Å². The van der Waals surface area contributed by atoms with Crippen LogP contribution in [0.4, 0.5) is 0 Å². The lowest BCUT2D eigenvalue weighted by Gasteiger charge is -2.28. The van der Waals surface area contributed by atoms with E-state index >= 15 is 0 Å². The second-order valence-corrected chi connectivity index (χ2v) is 5.98. The van der Waals surface area contributed by atoms with Gasteiger partial charge in [-0.15, -0.1) is 0 Å². The van der Waals surface area contributed by atoms with E-state index in [1.807, 2.05) is 18.2 Å². The van der Waals surface area contributed by atoms with Crippen LogP contribution in [0.5, 0.6) is 0 Å². The molecule has 2 rings (SSSR count). The summed E-state index contributed by atoms with van der Waals surface area (Å²) < 4.78 is 6.20. The first-order chi connectivity index (χ1) is 7.86. The monoisotopic (exact) mass is 272 g/mol. The zero-order valence-corrected chi connectivity index (χ0v) is 11.1. The van der Waals surface area contributed by atoms with Gasteiger partial charge in [0.2, 0.25) is 0 Å².